The number of carbonyl (C=O) groups is 2. The summed E-state index contributed by atoms with van der Waals surface area (Å²) >= 11 is 0. The molecule has 6 nitrogen and oxygen atoms in total. The summed E-state index contributed by atoms with van der Waals surface area (Å²) in [6.45, 7) is 2.66. The average Bonchev–Trinajstić information content (AvgIpc) is 2.90. The van der Waals surface area contributed by atoms with Gasteiger partial charge in [-0.05, 0) is 47.4 Å². The van der Waals surface area contributed by atoms with Gasteiger partial charge in [0.05, 0.1) is 20.6 Å². The largest absolute Gasteiger partial charge is 0.493 e. The van der Waals surface area contributed by atoms with Crippen molar-refractivity contribution < 1.29 is 23.5 Å². The van der Waals surface area contributed by atoms with Crippen molar-refractivity contribution in [3.8, 4) is 11.5 Å². The molecular weight excluding hydrogens is 459 g/mol. The second-order valence-corrected chi connectivity index (χ2v) is 8.51. The molecule has 0 fully saturated rings. The highest BCUT2D eigenvalue weighted by Gasteiger charge is 2.30. The Kier molecular flexibility index (Phi) is 9.86. The van der Waals surface area contributed by atoms with E-state index in [2.05, 4.69) is 5.32 Å². The quantitative estimate of drug-likeness (QED) is 0.403. The van der Waals surface area contributed by atoms with Crippen LogP contribution in [0.1, 0.15) is 30.0 Å². The van der Waals surface area contributed by atoms with Gasteiger partial charge in [0.2, 0.25) is 11.8 Å². The molecule has 0 saturated carbocycles. The van der Waals surface area contributed by atoms with E-state index in [1.807, 2.05) is 37.3 Å². The molecule has 0 aliphatic rings. The maximum absolute atomic E-state index is 13.7. The van der Waals surface area contributed by atoms with Crippen molar-refractivity contribution in [2.45, 2.75) is 38.8 Å². The Morgan fingerprint density at radius 2 is 1.56 bits per heavy atom. The molecule has 0 spiro atoms. The van der Waals surface area contributed by atoms with Gasteiger partial charge >= 0.3 is 0 Å². The minimum Gasteiger partial charge on any atom is -0.493 e. The number of halogens is 1. The second-order valence-electron chi connectivity index (χ2n) is 8.51. The van der Waals surface area contributed by atoms with Crippen LogP contribution < -0.4 is 14.8 Å². The molecule has 0 radical (unpaired) electrons. The van der Waals surface area contributed by atoms with E-state index in [-0.39, 0.29) is 30.6 Å². The van der Waals surface area contributed by atoms with Gasteiger partial charge in [-0.25, -0.2) is 4.39 Å². The zero-order valence-electron chi connectivity index (χ0n) is 21.0. The van der Waals surface area contributed by atoms with Gasteiger partial charge in [0.15, 0.2) is 11.5 Å². The van der Waals surface area contributed by atoms with Crippen LogP contribution in [-0.4, -0.2) is 43.5 Å². The molecule has 3 aromatic rings. The molecule has 1 N–H and O–H groups in total. The lowest BCUT2D eigenvalue weighted by molar-refractivity contribution is -0.140. The Morgan fingerprint density at radius 1 is 0.889 bits per heavy atom. The van der Waals surface area contributed by atoms with Gasteiger partial charge in [-0.3, -0.25) is 9.59 Å². The van der Waals surface area contributed by atoms with Crippen LogP contribution in [0.5, 0.6) is 11.5 Å². The summed E-state index contributed by atoms with van der Waals surface area (Å²) in [5, 5.41) is 2.95. The summed E-state index contributed by atoms with van der Waals surface area (Å²) in [5.74, 6) is 0.290. The Morgan fingerprint density at radius 3 is 2.19 bits per heavy atom. The molecule has 0 saturated heterocycles. The van der Waals surface area contributed by atoms with Crippen LogP contribution in [-0.2, 0) is 29.0 Å². The highest BCUT2D eigenvalue weighted by molar-refractivity contribution is 5.88. The van der Waals surface area contributed by atoms with Crippen molar-refractivity contribution in [2.75, 3.05) is 20.8 Å². The maximum Gasteiger partial charge on any atom is 0.243 e. The number of benzene rings is 3. The SMILES string of the molecule is CCCNC(=O)[C@H](Cc1ccccc1)N(Cc1ccc(F)cc1)C(=O)Cc1ccc(OC)c(OC)c1. The molecule has 0 heterocycles. The van der Waals surface area contributed by atoms with Crippen molar-refractivity contribution in [2.24, 2.45) is 0 Å². The van der Waals surface area contributed by atoms with E-state index >= 15 is 0 Å². The van der Waals surface area contributed by atoms with Crippen LogP contribution in [0, 0.1) is 5.82 Å². The molecule has 190 valence electrons. The molecule has 0 aliphatic carbocycles. The van der Waals surface area contributed by atoms with Crippen LogP contribution in [0.4, 0.5) is 4.39 Å². The van der Waals surface area contributed by atoms with E-state index in [4.69, 9.17) is 9.47 Å². The van der Waals surface area contributed by atoms with Crippen molar-refractivity contribution in [3.63, 3.8) is 0 Å². The lowest BCUT2D eigenvalue weighted by Crippen LogP contribution is -2.51. The molecule has 2 amide bonds. The molecule has 0 aromatic heterocycles. The lowest BCUT2D eigenvalue weighted by atomic mass is 10.0. The van der Waals surface area contributed by atoms with Gasteiger partial charge in [0, 0.05) is 19.5 Å². The number of methoxy groups -OCH3 is 2. The van der Waals surface area contributed by atoms with E-state index in [9.17, 15) is 14.0 Å². The third kappa shape index (κ3) is 7.31. The number of hydrogen-bond acceptors (Lipinski definition) is 4. The summed E-state index contributed by atoms with van der Waals surface area (Å²) in [7, 11) is 3.09. The van der Waals surface area contributed by atoms with Gasteiger partial charge in [-0.15, -0.1) is 0 Å². The number of nitrogens with one attached hydrogen (secondary N) is 1. The van der Waals surface area contributed by atoms with E-state index in [0.717, 1.165) is 23.1 Å². The van der Waals surface area contributed by atoms with Crippen LogP contribution in [0.2, 0.25) is 0 Å². The fraction of sp³-hybridized carbons (Fsp3) is 0.310. The third-order valence-electron chi connectivity index (χ3n) is 5.89. The predicted molar refractivity (Wildman–Crippen MR) is 137 cm³/mol. The van der Waals surface area contributed by atoms with E-state index in [1.54, 1.807) is 42.3 Å². The molecule has 7 heteroatoms. The zero-order chi connectivity index (χ0) is 25.9. The van der Waals surface area contributed by atoms with Crippen LogP contribution >= 0.6 is 0 Å². The number of amides is 2. The number of nitrogens with zero attached hydrogens (tertiary/aromatic N) is 1. The number of rotatable bonds is 12. The van der Waals surface area contributed by atoms with Gasteiger partial charge in [-0.1, -0.05) is 55.5 Å². The van der Waals surface area contributed by atoms with Gasteiger partial charge in [-0.2, -0.15) is 0 Å². The highest BCUT2D eigenvalue weighted by Crippen LogP contribution is 2.28. The minimum absolute atomic E-state index is 0.0634. The summed E-state index contributed by atoms with van der Waals surface area (Å²) in [5.41, 5.74) is 2.41. The molecule has 1 atom stereocenters. The second kappa shape index (κ2) is 13.3. The first-order valence-corrected chi connectivity index (χ1v) is 12.0. The third-order valence-corrected chi connectivity index (χ3v) is 5.89. The summed E-state index contributed by atoms with van der Waals surface area (Å²) in [6.07, 6.45) is 1.20. The van der Waals surface area contributed by atoms with E-state index < -0.39 is 6.04 Å². The number of carbonyl (C=O) groups excluding carboxylic acids is 2. The monoisotopic (exact) mass is 492 g/mol. The molecule has 0 bridgehead atoms. The first-order chi connectivity index (χ1) is 17.4. The molecule has 0 unspecified atom stereocenters. The molecule has 36 heavy (non-hydrogen) atoms. The normalized spacial score (nSPS) is 11.4. The van der Waals surface area contributed by atoms with Crippen molar-refractivity contribution >= 4 is 11.8 Å². The fourth-order valence-corrected chi connectivity index (χ4v) is 3.97. The van der Waals surface area contributed by atoms with Crippen molar-refractivity contribution in [3.05, 3.63) is 95.3 Å². The summed E-state index contributed by atoms with van der Waals surface area (Å²) in [4.78, 5) is 28.7. The topological polar surface area (TPSA) is 67.9 Å². The molecule has 3 rings (SSSR count). The summed E-state index contributed by atoms with van der Waals surface area (Å²) < 4.78 is 24.2. The minimum atomic E-state index is -0.739. The van der Waals surface area contributed by atoms with Crippen LogP contribution in [0.25, 0.3) is 0 Å². The van der Waals surface area contributed by atoms with E-state index in [1.165, 1.54) is 19.2 Å². The zero-order valence-corrected chi connectivity index (χ0v) is 21.0. The first-order valence-electron chi connectivity index (χ1n) is 12.0. The summed E-state index contributed by atoms with van der Waals surface area (Å²) in [6, 6.07) is 20.2. The Balaban J connectivity index is 1.96. The van der Waals surface area contributed by atoms with Gasteiger partial charge in [0.1, 0.15) is 11.9 Å². The van der Waals surface area contributed by atoms with Gasteiger partial charge in [0.25, 0.3) is 0 Å². The predicted octanol–water partition coefficient (Wildman–Crippen LogP) is 4.55. The van der Waals surface area contributed by atoms with Crippen molar-refractivity contribution in [1.82, 2.24) is 10.2 Å². The standard InChI is InChI=1S/C29H33FN2O4/c1-4-16-31-29(34)25(17-21-8-6-5-7-9-21)32(20-22-10-13-24(30)14-11-22)28(33)19-23-12-15-26(35-2)27(18-23)36-3/h5-15,18,25H,4,16-17,19-20H2,1-3H3,(H,31,34)/t25-/m0/s1. The Labute approximate surface area is 212 Å². The highest BCUT2D eigenvalue weighted by atomic mass is 19.1. The van der Waals surface area contributed by atoms with E-state index in [0.29, 0.717) is 24.5 Å². The molecular formula is C29H33FN2O4. The van der Waals surface area contributed by atoms with Crippen LogP contribution in [0.15, 0.2) is 72.8 Å². The Bertz CT molecular complexity index is 1140. The maximum atomic E-state index is 13.7. The lowest BCUT2D eigenvalue weighted by Gasteiger charge is -2.31. The smallest absolute Gasteiger partial charge is 0.243 e. The number of ether oxygens (including phenoxy) is 2. The van der Waals surface area contributed by atoms with Gasteiger partial charge < -0.3 is 19.7 Å². The Hall–Kier alpha value is -3.87. The average molecular weight is 493 g/mol. The number of hydrogen-bond donors (Lipinski definition) is 1. The molecule has 0 aliphatic heterocycles. The van der Waals surface area contributed by atoms with Crippen LogP contribution in [0.3, 0.4) is 0 Å². The van der Waals surface area contributed by atoms with Crippen molar-refractivity contribution in [1.29, 1.82) is 0 Å². The molecule has 3 aromatic carbocycles. The fourth-order valence-electron chi connectivity index (χ4n) is 3.97. The first kappa shape index (κ1) is 26.7.